The Hall–Kier alpha value is -4.19. The average Bonchev–Trinajstić information content (AvgIpc) is 3.56. The number of aryl methyl sites for hydroxylation is 1. The summed E-state index contributed by atoms with van der Waals surface area (Å²) in [4.78, 5) is 52.7. The molecule has 1 aromatic carbocycles. The summed E-state index contributed by atoms with van der Waals surface area (Å²) in [6.07, 6.45) is 4.36. The SMILES string of the molecule is CC(=O)N1CC(C)(C)c2ccc(NC(=O)c3cnc(C(C)NC(=O)c4ncnc5c4cnn5C)s3)cc21. The number of thiazole rings is 1. The summed E-state index contributed by atoms with van der Waals surface area (Å²) in [7, 11) is 1.74. The summed E-state index contributed by atoms with van der Waals surface area (Å²) in [5.41, 5.74) is 3.09. The molecule has 4 heterocycles. The van der Waals surface area contributed by atoms with Crippen molar-refractivity contribution >= 4 is 51.5 Å². The molecule has 0 spiro atoms. The van der Waals surface area contributed by atoms with E-state index in [9.17, 15) is 14.4 Å². The number of rotatable bonds is 5. The molecular weight excluding hydrogens is 492 g/mol. The molecule has 12 heteroatoms. The van der Waals surface area contributed by atoms with Crippen LogP contribution in [0.1, 0.15) is 64.5 Å². The predicted molar refractivity (Wildman–Crippen MR) is 140 cm³/mol. The van der Waals surface area contributed by atoms with Gasteiger partial charge in [-0.05, 0) is 24.6 Å². The summed E-state index contributed by atoms with van der Waals surface area (Å²) in [5, 5.41) is 11.0. The summed E-state index contributed by atoms with van der Waals surface area (Å²) in [6.45, 7) is 8.11. The van der Waals surface area contributed by atoms with E-state index in [1.54, 1.807) is 36.7 Å². The third-order valence-electron chi connectivity index (χ3n) is 6.42. The molecule has 1 aliphatic heterocycles. The lowest BCUT2D eigenvalue weighted by Gasteiger charge is -2.19. The number of amides is 3. The van der Waals surface area contributed by atoms with Gasteiger partial charge in [-0.1, -0.05) is 19.9 Å². The Morgan fingerprint density at radius 3 is 2.65 bits per heavy atom. The fraction of sp³-hybridized carbons (Fsp3) is 0.320. The normalized spacial score (nSPS) is 14.9. The zero-order chi connectivity index (χ0) is 26.5. The van der Waals surface area contributed by atoms with Gasteiger partial charge in [0.05, 0.1) is 23.8 Å². The first-order chi connectivity index (χ1) is 17.5. The van der Waals surface area contributed by atoms with E-state index in [1.165, 1.54) is 23.9 Å². The molecule has 5 rings (SSSR count). The highest BCUT2D eigenvalue weighted by Gasteiger charge is 2.37. The molecule has 0 saturated carbocycles. The van der Waals surface area contributed by atoms with Crippen LogP contribution in [0.25, 0.3) is 11.0 Å². The maximum atomic E-state index is 13.0. The molecule has 3 aromatic heterocycles. The molecule has 3 amide bonds. The van der Waals surface area contributed by atoms with Crippen LogP contribution in [0.5, 0.6) is 0 Å². The molecule has 0 bridgehead atoms. The number of anilines is 2. The highest BCUT2D eigenvalue weighted by atomic mass is 32.1. The zero-order valence-electron chi connectivity index (χ0n) is 21.1. The van der Waals surface area contributed by atoms with Gasteiger partial charge in [-0.25, -0.2) is 15.0 Å². The molecule has 0 saturated heterocycles. The minimum Gasteiger partial charge on any atom is -0.342 e. The second-order valence-corrected chi connectivity index (χ2v) is 10.7. The van der Waals surface area contributed by atoms with Gasteiger partial charge in [-0.15, -0.1) is 11.3 Å². The fourth-order valence-electron chi connectivity index (χ4n) is 4.51. The Balaban J connectivity index is 1.29. The van der Waals surface area contributed by atoms with Crippen molar-refractivity contribution in [1.29, 1.82) is 0 Å². The largest absolute Gasteiger partial charge is 0.342 e. The lowest BCUT2D eigenvalue weighted by Crippen LogP contribution is -2.32. The molecule has 11 nitrogen and oxygen atoms in total. The molecule has 1 unspecified atom stereocenters. The van der Waals surface area contributed by atoms with E-state index in [4.69, 9.17) is 0 Å². The van der Waals surface area contributed by atoms with Crippen LogP contribution in [-0.4, -0.2) is 49.0 Å². The smallest absolute Gasteiger partial charge is 0.271 e. The average molecular weight is 519 g/mol. The summed E-state index contributed by atoms with van der Waals surface area (Å²) in [6, 6.07) is 5.17. The van der Waals surface area contributed by atoms with Gasteiger partial charge in [0.2, 0.25) is 5.91 Å². The first-order valence-electron chi connectivity index (χ1n) is 11.7. The van der Waals surface area contributed by atoms with Gasteiger partial charge in [-0.2, -0.15) is 5.10 Å². The molecule has 0 aliphatic carbocycles. The molecule has 37 heavy (non-hydrogen) atoms. The Morgan fingerprint density at radius 1 is 1.11 bits per heavy atom. The van der Waals surface area contributed by atoms with E-state index in [0.717, 1.165) is 11.3 Å². The first-order valence-corrected chi connectivity index (χ1v) is 12.5. The second kappa shape index (κ2) is 9.04. The van der Waals surface area contributed by atoms with Crippen molar-refractivity contribution in [2.45, 2.75) is 39.2 Å². The lowest BCUT2D eigenvalue weighted by atomic mass is 9.87. The Labute approximate surface area is 216 Å². The second-order valence-electron chi connectivity index (χ2n) is 9.66. The topological polar surface area (TPSA) is 135 Å². The van der Waals surface area contributed by atoms with Gasteiger partial charge in [0.25, 0.3) is 11.8 Å². The van der Waals surface area contributed by atoms with Gasteiger partial charge in [0, 0.05) is 37.3 Å². The number of carbonyl (C=O) groups is 3. The van der Waals surface area contributed by atoms with E-state index in [2.05, 4.69) is 44.5 Å². The van der Waals surface area contributed by atoms with E-state index in [1.807, 2.05) is 18.2 Å². The van der Waals surface area contributed by atoms with Crippen molar-refractivity contribution < 1.29 is 14.4 Å². The van der Waals surface area contributed by atoms with Crippen LogP contribution < -0.4 is 15.5 Å². The van der Waals surface area contributed by atoms with Crippen LogP contribution in [0.15, 0.2) is 36.9 Å². The van der Waals surface area contributed by atoms with Crippen LogP contribution in [0, 0.1) is 0 Å². The Morgan fingerprint density at radius 2 is 1.89 bits per heavy atom. The van der Waals surface area contributed by atoms with E-state index in [-0.39, 0.29) is 28.8 Å². The number of benzene rings is 1. The van der Waals surface area contributed by atoms with Gasteiger partial charge < -0.3 is 15.5 Å². The summed E-state index contributed by atoms with van der Waals surface area (Å²) < 4.78 is 1.57. The minimum absolute atomic E-state index is 0.0374. The van der Waals surface area contributed by atoms with E-state index < -0.39 is 6.04 Å². The number of carbonyl (C=O) groups excluding carboxylic acids is 3. The van der Waals surface area contributed by atoms with Crippen molar-refractivity contribution in [3.63, 3.8) is 0 Å². The predicted octanol–water partition coefficient (Wildman–Crippen LogP) is 3.21. The maximum Gasteiger partial charge on any atom is 0.271 e. The minimum atomic E-state index is -0.452. The van der Waals surface area contributed by atoms with Crippen molar-refractivity contribution in [3.05, 3.63) is 58.1 Å². The lowest BCUT2D eigenvalue weighted by molar-refractivity contribution is -0.116. The molecule has 2 N–H and O–H groups in total. The highest BCUT2D eigenvalue weighted by Crippen LogP contribution is 2.41. The van der Waals surface area contributed by atoms with Crippen molar-refractivity contribution in [3.8, 4) is 0 Å². The number of aromatic nitrogens is 5. The molecule has 190 valence electrons. The maximum absolute atomic E-state index is 13.0. The quantitative estimate of drug-likeness (QED) is 0.414. The highest BCUT2D eigenvalue weighted by molar-refractivity contribution is 7.13. The fourth-order valence-corrected chi connectivity index (χ4v) is 5.32. The van der Waals surface area contributed by atoms with Crippen LogP contribution >= 0.6 is 11.3 Å². The molecule has 0 fully saturated rings. The van der Waals surface area contributed by atoms with Gasteiger partial charge in [0.15, 0.2) is 5.65 Å². The first kappa shape index (κ1) is 24.5. The van der Waals surface area contributed by atoms with E-state index in [0.29, 0.717) is 33.2 Å². The third kappa shape index (κ3) is 4.44. The van der Waals surface area contributed by atoms with E-state index >= 15 is 0 Å². The number of hydrogen-bond donors (Lipinski definition) is 2. The number of fused-ring (bicyclic) bond motifs is 2. The molecule has 1 atom stereocenters. The van der Waals surface area contributed by atoms with Crippen molar-refractivity contribution in [1.82, 2.24) is 30.0 Å². The number of nitrogens with zero attached hydrogens (tertiary/aromatic N) is 6. The standard InChI is InChI=1S/C25H26N8O3S/c1-13(30-23(36)20-16-9-29-32(5)21(16)28-12-27-20)24-26-10-19(37-24)22(35)31-15-6-7-17-18(8-15)33(14(2)34)11-25(17,3)4/h6-10,12-13H,11H2,1-5H3,(H,30,36)(H,31,35). The molecule has 1 aliphatic rings. The summed E-state index contributed by atoms with van der Waals surface area (Å²) in [5.74, 6) is -0.739. The van der Waals surface area contributed by atoms with Crippen LogP contribution in [0.3, 0.4) is 0 Å². The van der Waals surface area contributed by atoms with Crippen LogP contribution in [0.4, 0.5) is 11.4 Å². The third-order valence-corrected chi connectivity index (χ3v) is 7.60. The molecule has 4 aromatic rings. The van der Waals surface area contributed by atoms with Gasteiger partial charge >= 0.3 is 0 Å². The van der Waals surface area contributed by atoms with Crippen molar-refractivity contribution in [2.75, 3.05) is 16.8 Å². The number of hydrogen-bond acceptors (Lipinski definition) is 8. The monoisotopic (exact) mass is 518 g/mol. The molecule has 0 radical (unpaired) electrons. The van der Waals surface area contributed by atoms with Crippen LogP contribution in [0.2, 0.25) is 0 Å². The summed E-state index contributed by atoms with van der Waals surface area (Å²) >= 11 is 1.19. The van der Waals surface area contributed by atoms with Gasteiger partial charge in [0.1, 0.15) is 21.9 Å². The van der Waals surface area contributed by atoms with Crippen molar-refractivity contribution in [2.24, 2.45) is 7.05 Å². The Bertz CT molecular complexity index is 1560. The number of nitrogens with one attached hydrogen (secondary N) is 2. The zero-order valence-corrected chi connectivity index (χ0v) is 21.9. The Kier molecular flexibility index (Phi) is 5.98. The molecular formula is C25H26N8O3S. The van der Waals surface area contributed by atoms with Crippen LogP contribution in [-0.2, 0) is 17.3 Å². The van der Waals surface area contributed by atoms with Gasteiger partial charge in [-0.3, -0.25) is 19.1 Å².